The van der Waals surface area contributed by atoms with Crippen LogP contribution in [0.25, 0.3) is 0 Å². The van der Waals surface area contributed by atoms with Gasteiger partial charge in [0.15, 0.2) is 0 Å². The van der Waals surface area contributed by atoms with Crippen molar-refractivity contribution in [1.29, 1.82) is 0 Å². The van der Waals surface area contributed by atoms with Gasteiger partial charge in [-0.15, -0.1) is 0 Å². The molecule has 0 aliphatic carbocycles. The lowest BCUT2D eigenvalue weighted by atomic mass is 10.1. The number of nitrogens with zero attached hydrogens (tertiary/aromatic N) is 1. The zero-order chi connectivity index (χ0) is 13.7. The summed E-state index contributed by atoms with van der Waals surface area (Å²) < 4.78 is 9.87. The van der Waals surface area contributed by atoms with Crippen LogP contribution in [0.4, 0.5) is 5.69 Å². The zero-order valence-electron chi connectivity index (χ0n) is 10.5. The van der Waals surface area contributed by atoms with E-state index in [0.717, 1.165) is 0 Å². The minimum absolute atomic E-state index is 0.0635. The van der Waals surface area contributed by atoms with Gasteiger partial charge >= 0.3 is 11.7 Å². The van der Waals surface area contributed by atoms with E-state index in [2.05, 4.69) is 0 Å². The van der Waals surface area contributed by atoms with Crippen LogP contribution in [0.1, 0.15) is 20.3 Å². The third-order valence-corrected chi connectivity index (χ3v) is 2.16. The van der Waals surface area contributed by atoms with Crippen molar-refractivity contribution in [3.8, 4) is 11.5 Å². The van der Waals surface area contributed by atoms with Crippen molar-refractivity contribution in [3.63, 3.8) is 0 Å². The SMILES string of the molecule is COc1ccc(OC(=O)CC(C)C)c([N+](=O)[O-])c1. The summed E-state index contributed by atoms with van der Waals surface area (Å²) in [4.78, 5) is 21.7. The standard InChI is InChI=1S/C12H15NO5/c1-8(2)6-12(14)18-11-5-4-9(17-3)7-10(11)13(15)16/h4-5,7-8H,6H2,1-3H3. The molecule has 6 heteroatoms. The Hall–Kier alpha value is -2.11. The lowest BCUT2D eigenvalue weighted by Gasteiger charge is -2.07. The average Bonchev–Trinajstić information content (AvgIpc) is 2.28. The highest BCUT2D eigenvalue weighted by Crippen LogP contribution is 2.31. The number of benzene rings is 1. The van der Waals surface area contributed by atoms with Gasteiger partial charge in [0.25, 0.3) is 0 Å². The first-order chi connectivity index (χ1) is 8.43. The Morgan fingerprint density at radius 3 is 2.61 bits per heavy atom. The highest BCUT2D eigenvalue weighted by molar-refractivity contribution is 5.74. The van der Waals surface area contributed by atoms with E-state index in [1.807, 2.05) is 13.8 Å². The first-order valence-corrected chi connectivity index (χ1v) is 5.47. The quantitative estimate of drug-likeness (QED) is 0.349. The van der Waals surface area contributed by atoms with Gasteiger partial charge in [0.2, 0.25) is 5.75 Å². The van der Waals surface area contributed by atoms with Crippen LogP contribution in [0.15, 0.2) is 18.2 Å². The van der Waals surface area contributed by atoms with Gasteiger partial charge in [-0.1, -0.05) is 13.8 Å². The lowest BCUT2D eigenvalue weighted by molar-refractivity contribution is -0.385. The number of nitro benzene ring substituents is 1. The molecule has 0 atom stereocenters. The molecule has 0 heterocycles. The number of hydrogen-bond acceptors (Lipinski definition) is 5. The summed E-state index contributed by atoms with van der Waals surface area (Å²) in [5, 5.41) is 10.9. The van der Waals surface area contributed by atoms with Crippen LogP contribution in [0.2, 0.25) is 0 Å². The predicted molar refractivity (Wildman–Crippen MR) is 64.7 cm³/mol. The van der Waals surface area contributed by atoms with Gasteiger partial charge in [-0.05, 0) is 18.1 Å². The normalized spacial score (nSPS) is 10.2. The summed E-state index contributed by atoms with van der Waals surface area (Å²) in [6.07, 6.45) is 0.211. The summed E-state index contributed by atoms with van der Waals surface area (Å²) in [6.45, 7) is 3.73. The molecule has 0 saturated carbocycles. The van der Waals surface area contributed by atoms with Crippen molar-refractivity contribution in [2.24, 2.45) is 5.92 Å². The predicted octanol–water partition coefficient (Wildman–Crippen LogP) is 2.55. The molecule has 0 saturated heterocycles. The van der Waals surface area contributed by atoms with Gasteiger partial charge in [0.05, 0.1) is 18.1 Å². The maximum Gasteiger partial charge on any atom is 0.315 e. The monoisotopic (exact) mass is 253 g/mol. The molecule has 0 unspecified atom stereocenters. The molecule has 0 aliphatic heterocycles. The van der Waals surface area contributed by atoms with Gasteiger partial charge in [-0.2, -0.15) is 0 Å². The third-order valence-electron chi connectivity index (χ3n) is 2.16. The van der Waals surface area contributed by atoms with Crippen molar-refractivity contribution in [3.05, 3.63) is 28.3 Å². The van der Waals surface area contributed by atoms with Crippen molar-refractivity contribution in [1.82, 2.24) is 0 Å². The second-order valence-electron chi connectivity index (χ2n) is 4.16. The molecule has 0 spiro atoms. The summed E-state index contributed by atoms with van der Waals surface area (Å²) in [5.74, 6) is -0.0788. The summed E-state index contributed by atoms with van der Waals surface area (Å²) in [5.41, 5.74) is -0.286. The molecule has 6 nitrogen and oxygen atoms in total. The summed E-state index contributed by atoms with van der Waals surface area (Å²) in [6, 6.07) is 4.08. The van der Waals surface area contributed by atoms with Crippen LogP contribution >= 0.6 is 0 Å². The van der Waals surface area contributed by atoms with Crippen molar-refractivity contribution in [2.45, 2.75) is 20.3 Å². The van der Waals surface area contributed by atoms with Gasteiger partial charge in [0, 0.05) is 6.42 Å². The van der Waals surface area contributed by atoms with E-state index in [9.17, 15) is 14.9 Å². The number of esters is 1. The largest absolute Gasteiger partial charge is 0.496 e. The van der Waals surface area contributed by atoms with E-state index in [1.165, 1.54) is 25.3 Å². The van der Waals surface area contributed by atoms with Crippen molar-refractivity contribution < 1.29 is 19.2 Å². The van der Waals surface area contributed by atoms with E-state index in [1.54, 1.807) is 0 Å². The molecular formula is C12H15NO5. The van der Waals surface area contributed by atoms with Crippen LogP contribution in [-0.2, 0) is 4.79 Å². The molecule has 0 bridgehead atoms. The summed E-state index contributed by atoms with van der Waals surface area (Å²) in [7, 11) is 1.41. The number of nitro groups is 1. The highest BCUT2D eigenvalue weighted by Gasteiger charge is 2.19. The number of hydrogen-bond donors (Lipinski definition) is 0. The fourth-order valence-corrected chi connectivity index (χ4v) is 1.35. The topological polar surface area (TPSA) is 78.7 Å². The molecule has 1 rings (SSSR count). The maximum atomic E-state index is 11.5. The second-order valence-corrected chi connectivity index (χ2v) is 4.16. The highest BCUT2D eigenvalue weighted by atomic mass is 16.6. The average molecular weight is 253 g/mol. The molecule has 1 aromatic carbocycles. The fraction of sp³-hybridized carbons (Fsp3) is 0.417. The Kier molecular flexibility index (Phi) is 4.65. The Bertz CT molecular complexity index is 456. The van der Waals surface area contributed by atoms with Crippen LogP contribution in [0, 0.1) is 16.0 Å². The van der Waals surface area contributed by atoms with Gasteiger partial charge in [-0.25, -0.2) is 0 Å². The number of carbonyl (C=O) groups excluding carboxylic acids is 1. The molecule has 0 aliphatic rings. The molecule has 0 amide bonds. The molecule has 0 radical (unpaired) electrons. The molecule has 0 aromatic heterocycles. The van der Waals surface area contributed by atoms with Crippen LogP contribution in [0.3, 0.4) is 0 Å². The van der Waals surface area contributed by atoms with Crippen LogP contribution < -0.4 is 9.47 Å². The number of ether oxygens (including phenoxy) is 2. The van der Waals surface area contributed by atoms with Crippen LogP contribution in [-0.4, -0.2) is 18.0 Å². The molecule has 0 fully saturated rings. The molecule has 0 N–H and O–H groups in total. The Balaban J connectivity index is 2.94. The number of methoxy groups -OCH3 is 1. The molecule has 1 aromatic rings. The van der Waals surface area contributed by atoms with E-state index in [4.69, 9.17) is 9.47 Å². The minimum Gasteiger partial charge on any atom is -0.496 e. The van der Waals surface area contributed by atoms with E-state index in [0.29, 0.717) is 5.75 Å². The van der Waals surface area contributed by atoms with Crippen molar-refractivity contribution >= 4 is 11.7 Å². The van der Waals surface area contributed by atoms with Crippen LogP contribution in [0.5, 0.6) is 11.5 Å². The van der Waals surface area contributed by atoms with Crippen molar-refractivity contribution in [2.75, 3.05) is 7.11 Å². The Morgan fingerprint density at radius 1 is 1.44 bits per heavy atom. The first kappa shape index (κ1) is 14.0. The first-order valence-electron chi connectivity index (χ1n) is 5.47. The van der Waals surface area contributed by atoms with Gasteiger partial charge in [0.1, 0.15) is 5.75 Å². The summed E-state index contributed by atoms with van der Waals surface area (Å²) >= 11 is 0. The van der Waals surface area contributed by atoms with Gasteiger partial charge < -0.3 is 9.47 Å². The number of rotatable bonds is 5. The zero-order valence-corrected chi connectivity index (χ0v) is 10.5. The smallest absolute Gasteiger partial charge is 0.315 e. The second kappa shape index (κ2) is 6.00. The molecule has 18 heavy (non-hydrogen) atoms. The minimum atomic E-state index is -0.611. The fourth-order valence-electron chi connectivity index (χ4n) is 1.35. The lowest BCUT2D eigenvalue weighted by Crippen LogP contribution is -2.11. The van der Waals surface area contributed by atoms with E-state index in [-0.39, 0.29) is 23.8 Å². The maximum absolute atomic E-state index is 11.5. The van der Waals surface area contributed by atoms with E-state index < -0.39 is 10.9 Å². The van der Waals surface area contributed by atoms with Gasteiger partial charge in [-0.3, -0.25) is 14.9 Å². The Morgan fingerprint density at radius 2 is 2.11 bits per heavy atom. The Labute approximate surface area is 105 Å². The van der Waals surface area contributed by atoms with E-state index >= 15 is 0 Å². The number of carbonyl (C=O) groups is 1. The third kappa shape index (κ3) is 3.73. The molecule has 98 valence electrons. The molecular weight excluding hydrogens is 238 g/mol.